The Labute approximate surface area is 121 Å². The number of sulfonamides is 1. The van der Waals surface area contributed by atoms with E-state index in [1.54, 1.807) is 24.3 Å². The summed E-state index contributed by atoms with van der Waals surface area (Å²) in [5.41, 5.74) is 0.0589. The molecule has 0 atom stereocenters. The minimum absolute atomic E-state index is 0.0574. The van der Waals surface area contributed by atoms with Crippen LogP contribution in [0.3, 0.4) is 0 Å². The van der Waals surface area contributed by atoms with Gasteiger partial charge in [0.05, 0.1) is 5.75 Å². The summed E-state index contributed by atoms with van der Waals surface area (Å²) in [5, 5.41) is 8.95. The molecule has 0 aromatic heterocycles. The van der Waals surface area contributed by atoms with Crippen LogP contribution < -0.4 is 9.46 Å². The highest BCUT2D eigenvalue weighted by atomic mass is 32.2. The van der Waals surface area contributed by atoms with Crippen LogP contribution in [0.25, 0.3) is 0 Å². The molecule has 5 nitrogen and oxygen atoms in total. The first kappa shape index (κ1) is 16.8. The van der Waals surface area contributed by atoms with Crippen molar-refractivity contribution >= 4 is 15.7 Å². The Balaban J connectivity index is 2.70. The summed E-state index contributed by atoms with van der Waals surface area (Å²) in [6, 6.07) is 6.75. The highest BCUT2D eigenvalue weighted by molar-refractivity contribution is 7.92. The van der Waals surface area contributed by atoms with E-state index in [1.807, 2.05) is 20.8 Å². The van der Waals surface area contributed by atoms with Crippen molar-refractivity contribution in [2.45, 2.75) is 39.2 Å². The van der Waals surface area contributed by atoms with Crippen LogP contribution in [-0.4, -0.2) is 31.5 Å². The number of aliphatic hydroxyl groups excluding tert-OH is 1. The Hall–Kier alpha value is -1.27. The van der Waals surface area contributed by atoms with E-state index in [0.717, 1.165) is 0 Å². The van der Waals surface area contributed by atoms with Crippen LogP contribution in [0.5, 0.6) is 5.75 Å². The second-order valence-corrected chi connectivity index (χ2v) is 7.12. The molecule has 0 bridgehead atoms. The van der Waals surface area contributed by atoms with Crippen molar-refractivity contribution in [2.24, 2.45) is 0 Å². The molecule has 0 unspecified atom stereocenters. The Morgan fingerprint density at radius 3 is 2.35 bits per heavy atom. The van der Waals surface area contributed by atoms with E-state index < -0.39 is 15.6 Å². The molecule has 20 heavy (non-hydrogen) atoms. The second kappa shape index (κ2) is 6.95. The fraction of sp³-hybridized carbons (Fsp3) is 0.571. The number of aliphatic hydroxyl groups is 1. The van der Waals surface area contributed by atoms with Crippen molar-refractivity contribution < 1.29 is 18.3 Å². The minimum Gasteiger partial charge on any atom is -0.488 e. The molecule has 0 aliphatic heterocycles. The van der Waals surface area contributed by atoms with Gasteiger partial charge in [0.2, 0.25) is 10.0 Å². The van der Waals surface area contributed by atoms with Crippen LogP contribution in [-0.2, 0) is 10.0 Å². The van der Waals surface area contributed by atoms with Crippen LogP contribution in [0.1, 0.15) is 33.6 Å². The summed E-state index contributed by atoms with van der Waals surface area (Å²) in [6.45, 7) is 5.66. The van der Waals surface area contributed by atoms with Crippen molar-refractivity contribution in [1.82, 2.24) is 0 Å². The number of hydrogen-bond donors (Lipinski definition) is 2. The number of hydrogen-bond acceptors (Lipinski definition) is 4. The van der Waals surface area contributed by atoms with E-state index in [0.29, 0.717) is 24.3 Å². The third-order valence-electron chi connectivity index (χ3n) is 2.71. The molecule has 0 heterocycles. The molecular weight excluding hydrogens is 278 g/mol. The van der Waals surface area contributed by atoms with Crippen LogP contribution in [0.15, 0.2) is 24.3 Å². The molecule has 1 aromatic rings. The maximum atomic E-state index is 11.6. The second-order valence-electron chi connectivity index (χ2n) is 5.28. The largest absolute Gasteiger partial charge is 0.488 e. The highest BCUT2D eigenvalue weighted by Crippen LogP contribution is 2.23. The zero-order valence-corrected chi connectivity index (χ0v) is 13.0. The number of nitrogens with one attached hydrogen (secondary N) is 1. The predicted octanol–water partition coefficient (Wildman–Crippen LogP) is 2.38. The molecule has 0 amide bonds. The SMILES string of the molecule is CCCS(=O)(=O)Nc1ccc(OC(C)(C)CCO)cc1. The molecule has 0 saturated carbocycles. The zero-order chi connectivity index (χ0) is 15.2. The van der Waals surface area contributed by atoms with Gasteiger partial charge in [0.15, 0.2) is 0 Å². The van der Waals surface area contributed by atoms with Gasteiger partial charge in [0.25, 0.3) is 0 Å². The number of ether oxygens (including phenoxy) is 1. The Bertz CT molecular complexity index is 508. The van der Waals surface area contributed by atoms with Crippen molar-refractivity contribution in [2.75, 3.05) is 17.1 Å². The third kappa shape index (κ3) is 5.79. The topological polar surface area (TPSA) is 75.6 Å². The van der Waals surface area contributed by atoms with Crippen molar-refractivity contribution in [3.63, 3.8) is 0 Å². The van der Waals surface area contributed by atoms with Gasteiger partial charge >= 0.3 is 0 Å². The van der Waals surface area contributed by atoms with Gasteiger partial charge in [-0.25, -0.2) is 8.42 Å². The number of benzene rings is 1. The summed E-state index contributed by atoms with van der Waals surface area (Å²) < 4.78 is 31.5. The highest BCUT2D eigenvalue weighted by Gasteiger charge is 2.19. The maximum Gasteiger partial charge on any atom is 0.232 e. The maximum absolute atomic E-state index is 11.6. The molecule has 114 valence electrons. The smallest absolute Gasteiger partial charge is 0.232 e. The third-order valence-corrected chi connectivity index (χ3v) is 4.20. The molecule has 0 radical (unpaired) electrons. The minimum atomic E-state index is -3.27. The molecule has 1 aromatic carbocycles. The molecule has 0 aliphatic rings. The normalized spacial score (nSPS) is 12.2. The fourth-order valence-corrected chi connectivity index (χ4v) is 2.86. The van der Waals surface area contributed by atoms with Gasteiger partial charge in [0.1, 0.15) is 11.4 Å². The lowest BCUT2D eigenvalue weighted by Gasteiger charge is -2.25. The molecule has 2 N–H and O–H groups in total. The molecule has 0 saturated heterocycles. The van der Waals surface area contributed by atoms with Gasteiger partial charge in [-0.2, -0.15) is 0 Å². The van der Waals surface area contributed by atoms with Gasteiger partial charge in [-0.05, 0) is 44.5 Å². The molecular formula is C14H23NO4S. The molecule has 6 heteroatoms. The van der Waals surface area contributed by atoms with E-state index in [1.165, 1.54) is 0 Å². The summed E-state index contributed by atoms with van der Waals surface area (Å²) in [5.74, 6) is 0.747. The standard InChI is InChI=1S/C14H23NO4S/c1-4-11-20(17,18)15-12-5-7-13(8-6-12)19-14(2,3)9-10-16/h5-8,15-16H,4,9-11H2,1-3H3. The van der Waals surface area contributed by atoms with Gasteiger partial charge in [-0.1, -0.05) is 6.92 Å². The Morgan fingerprint density at radius 2 is 1.85 bits per heavy atom. The Kier molecular flexibility index (Phi) is 5.83. The zero-order valence-electron chi connectivity index (χ0n) is 12.2. The summed E-state index contributed by atoms with van der Waals surface area (Å²) in [6.07, 6.45) is 1.10. The molecule has 0 spiro atoms. The van der Waals surface area contributed by atoms with Gasteiger partial charge < -0.3 is 9.84 Å². The average molecular weight is 301 g/mol. The van der Waals surface area contributed by atoms with E-state index in [9.17, 15) is 8.42 Å². The summed E-state index contributed by atoms with van der Waals surface area (Å²) in [4.78, 5) is 0. The van der Waals surface area contributed by atoms with Gasteiger partial charge in [0, 0.05) is 18.7 Å². The van der Waals surface area contributed by atoms with Crippen molar-refractivity contribution in [3.8, 4) is 5.75 Å². The van der Waals surface area contributed by atoms with E-state index >= 15 is 0 Å². The lowest BCUT2D eigenvalue weighted by Crippen LogP contribution is -2.29. The fourth-order valence-electron chi connectivity index (χ4n) is 1.73. The van der Waals surface area contributed by atoms with E-state index in [-0.39, 0.29) is 12.4 Å². The lowest BCUT2D eigenvalue weighted by molar-refractivity contribution is 0.0765. The van der Waals surface area contributed by atoms with Crippen LogP contribution in [0.2, 0.25) is 0 Å². The monoisotopic (exact) mass is 301 g/mol. The quantitative estimate of drug-likeness (QED) is 0.773. The van der Waals surface area contributed by atoms with Crippen LogP contribution in [0, 0.1) is 0 Å². The average Bonchev–Trinajstić information content (AvgIpc) is 2.30. The van der Waals surface area contributed by atoms with Crippen LogP contribution in [0.4, 0.5) is 5.69 Å². The molecule has 0 fully saturated rings. The number of rotatable bonds is 8. The summed E-state index contributed by atoms with van der Waals surface area (Å²) >= 11 is 0. The van der Waals surface area contributed by atoms with Gasteiger partial charge in [-0.3, -0.25) is 4.72 Å². The predicted molar refractivity (Wildman–Crippen MR) is 80.6 cm³/mol. The lowest BCUT2D eigenvalue weighted by atomic mass is 10.1. The van der Waals surface area contributed by atoms with E-state index in [2.05, 4.69) is 4.72 Å². The first-order chi connectivity index (χ1) is 9.28. The first-order valence-electron chi connectivity index (χ1n) is 6.68. The van der Waals surface area contributed by atoms with Crippen LogP contribution >= 0.6 is 0 Å². The first-order valence-corrected chi connectivity index (χ1v) is 8.33. The van der Waals surface area contributed by atoms with E-state index in [4.69, 9.17) is 9.84 Å². The van der Waals surface area contributed by atoms with Crippen molar-refractivity contribution in [1.29, 1.82) is 0 Å². The Morgan fingerprint density at radius 1 is 1.25 bits per heavy atom. The van der Waals surface area contributed by atoms with Crippen molar-refractivity contribution in [3.05, 3.63) is 24.3 Å². The van der Waals surface area contributed by atoms with Gasteiger partial charge in [-0.15, -0.1) is 0 Å². The molecule has 1 rings (SSSR count). The summed E-state index contributed by atoms with van der Waals surface area (Å²) in [7, 11) is -3.27. The number of anilines is 1. The molecule has 0 aliphatic carbocycles.